The first-order chi connectivity index (χ1) is 11.2. The molecule has 3 aliphatic rings. The summed E-state index contributed by atoms with van der Waals surface area (Å²) < 4.78 is 10.4. The fourth-order valence-electron chi connectivity index (χ4n) is 3.38. The highest BCUT2D eigenvalue weighted by molar-refractivity contribution is 5.38. The summed E-state index contributed by atoms with van der Waals surface area (Å²) in [6.07, 6.45) is 2.12. The molecule has 4 nitrogen and oxygen atoms in total. The zero-order valence-corrected chi connectivity index (χ0v) is 13.8. The Morgan fingerprint density at radius 3 is 2.57 bits per heavy atom. The quantitative estimate of drug-likeness (QED) is 0.663. The Hall–Kier alpha value is -1.38. The molecule has 1 unspecified atom stereocenters. The largest absolute Gasteiger partial charge is 0.382 e. The lowest BCUT2D eigenvalue weighted by atomic mass is 9.76. The Balaban J connectivity index is 1.58. The van der Waals surface area contributed by atoms with Gasteiger partial charge in [-0.05, 0) is 43.6 Å². The summed E-state index contributed by atoms with van der Waals surface area (Å²) in [4.78, 5) is 2.31. The molecule has 4 rings (SSSR count). The molecular formula is C19H25NO3. The number of rotatable bonds is 5. The molecule has 1 N–H and O–H groups in total. The normalized spacial score (nSPS) is 29.1. The second kappa shape index (κ2) is 7.46. The van der Waals surface area contributed by atoms with Crippen molar-refractivity contribution in [3.8, 4) is 11.8 Å². The molecule has 2 bridgehead atoms. The molecule has 0 aromatic heterocycles. The zero-order valence-electron chi connectivity index (χ0n) is 13.8. The highest BCUT2D eigenvalue weighted by atomic mass is 16.5. The van der Waals surface area contributed by atoms with Crippen molar-refractivity contribution >= 4 is 0 Å². The number of aliphatic hydroxyl groups is 1. The van der Waals surface area contributed by atoms with Crippen LogP contribution in [0.15, 0.2) is 24.3 Å². The molecule has 0 radical (unpaired) electrons. The van der Waals surface area contributed by atoms with Gasteiger partial charge in [-0.25, -0.2) is 0 Å². The second-order valence-electron chi connectivity index (χ2n) is 6.47. The van der Waals surface area contributed by atoms with Crippen LogP contribution in [-0.2, 0) is 16.1 Å². The van der Waals surface area contributed by atoms with Crippen molar-refractivity contribution in [1.82, 2.24) is 4.90 Å². The Morgan fingerprint density at radius 1 is 1.22 bits per heavy atom. The topological polar surface area (TPSA) is 41.9 Å². The fraction of sp³-hybridized carbons (Fsp3) is 0.579. The number of nitrogens with zero attached hydrogens (tertiary/aromatic N) is 1. The van der Waals surface area contributed by atoms with Crippen LogP contribution in [-0.4, -0.2) is 55.6 Å². The van der Waals surface area contributed by atoms with Gasteiger partial charge in [0.2, 0.25) is 0 Å². The van der Waals surface area contributed by atoms with Crippen molar-refractivity contribution in [3.63, 3.8) is 0 Å². The number of piperidine rings is 3. The van der Waals surface area contributed by atoms with Crippen LogP contribution in [0.5, 0.6) is 0 Å². The standard InChI is InChI=1S/C19H25NO3/c1-22-12-13-23-14-17-4-2-16(3-5-17)6-9-19(21)15-20-10-7-18(19)8-11-20/h2-5,18,21H,7-8,10-15H2,1H3. The van der Waals surface area contributed by atoms with Gasteiger partial charge >= 0.3 is 0 Å². The lowest BCUT2D eigenvalue weighted by molar-refractivity contribution is -0.0713. The summed E-state index contributed by atoms with van der Waals surface area (Å²) in [6.45, 7) is 4.69. The van der Waals surface area contributed by atoms with Gasteiger partial charge in [-0.1, -0.05) is 24.0 Å². The molecule has 1 aromatic rings. The first-order valence-electron chi connectivity index (χ1n) is 8.33. The number of fused-ring (bicyclic) bond motifs is 3. The van der Waals surface area contributed by atoms with E-state index in [1.807, 2.05) is 24.3 Å². The number of hydrogen-bond acceptors (Lipinski definition) is 4. The van der Waals surface area contributed by atoms with Gasteiger partial charge < -0.3 is 14.6 Å². The van der Waals surface area contributed by atoms with Crippen LogP contribution in [0.4, 0.5) is 0 Å². The maximum absolute atomic E-state index is 10.8. The Labute approximate surface area is 138 Å². The number of ether oxygens (including phenoxy) is 2. The monoisotopic (exact) mass is 315 g/mol. The summed E-state index contributed by atoms with van der Waals surface area (Å²) in [5.74, 6) is 6.62. The van der Waals surface area contributed by atoms with Crippen LogP contribution in [0.2, 0.25) is 0 Å². The summed E-state index contributed by atoms with van der Waals surface area (Å²) >= 11 is 0. The van der Waals surface area contributed by atoms with Gasteiger partial charge in [0, 0.05) is 25.1 Å². The van der Waals surface area contributed by atoms with Gasteiger partial charge in [-0.3, -0.25) is 4.90 Å². The lowest BCUT2D eigenvalue weighted by Crippen LogP contribution is -2.58. The lowest BCUT2D eigenvalue weighted by Gasteiger charge is -2.47. The molecule has 3 saturated heterocycles. The summed E-state index contributed by atoms with van der Waals surface area (Å²) in [5, 5.41) is 10.8. The van der Waals surface area contributed by atoms with Crippen LogP contribution in [0.3, 0.4) is 0 Å². The SMILES string of the molecule is COCCOCc1ccc(C#CC2(O)CN3CCC2CC3)cc1. The molecular weight excluding hydrogens is 290 g/mol. The Bertz CT molecular complexity index is 567. The van der Waals surface area contributed by atoms with E-state index in [4.69, 9.17) is 9.47 Å². The minimum Gasteiger partial charge on any atom is -0.382 e. The van der Waals surface area contributed by atoms with Gasteiger partial charge in [0.15, 0.2) is 0 Å². The van der Waals surface area contributed by atoms with E-state index in [0.29, 0.717) is 32.3 Å². The molecule has 4 heteroatoms. The van der Waals surface area contributed by atoms with Crippen molar-refractivity contribution in [2.45, 2.75) is 25.0 Å². The third kappa shape index (κ3) is 4.13. The number of methoxy groups -OCH3 is 1. The first kappa shape index (κ1) is 16.5. The predicted octanol–water partition coefficient (Wildman–Crippen LogP) is 1.66. The van der Waals surface area contributed by atoms with Crippen LogP contribution in [0.1, 0.15) is 24.0 Å². The summed E-state index contributed by atoms with van der Waals surface area (Å²) in [7, 11) is 1.67. The van der Waals surface area contributed by atoms with E-state index in [1.165, 1.54) is 0 Å². The van der Waals surface area contributed by atoms with Gasteiger partial charge in [-0.2, -0.15) is 0 Å². The van der Waals surface area contributed by atoms with Crippen LogP contribution < -0.4 is 0 Å². The van der Waals surface area contributed by atoms with Gasteiger partial charge in [-0.15, -0.1) is 0 Å². The van der Waals surface area contributed by atoms with Gasteiger partial charge in [0.25, 0.3) is 0 Å². The van der Waals surface area contributed by atoms with Crippen molar-refractivity contribution in [2.75, 3.05) is 40.0 Å². The second-order valence-corrected chi connectivity index (χ2v) is 6.47. The van der Waals surface area contributed by atoms with Crippen molar-refractivity contribution < 1.29 is 14.6 Å². The molecule has 3 fully saturated rings. The Kier molecular flexibility index (Phi) is 5.34. The molecule has 1 aromatic carbocycles. The number of hydrogen-bond donors (Lipinski definition) is 1. The van der Waals surface area contributed by atoms with Gasteiger partial charge in [0.1, 0.15) is 5.60 Å². The van der Waals surface area contributed by atoms with E-state index in [-0.39, 0.29) is 0 Å². The molecule has 3 aliphatic heterocycles. The molecule has 23 heavy (non-hydrogen) atoms. The molecule has 0 spiro atoms. The highest BCUT2D eigenvalue weighted by Gasteiger charge is 2.44. The average molecular weight is 315 g/mol. The van der Waals surface area contributed by atoms with E-state index in [0.717, 1.165) is 37.1 Å². The van der Waals surface area contributed by atoms with Crippen LogP contribution in [0.25, 0.3) is 0 Å². The molecule has 124 valence electrons. The molecule has 1 atom stereocenters. The first-order valence-corrected chi connectivity index (χ1v) is 8.33. The Morgan fingerprint density at radius 2 is 1.96 bits per heavy atom. The molecule has 0 aliphatic carbocycles. The van der Waals surface area contributed by atoms with Crippen LogP contribution in [0, 0.1) is 17.8 Å². The smallest absolute Gasteiger partial charge is 0.141 e. The molecule has 3 heterocycles. The van der Waals surface area contributed by atoms with Crippen molar-refractivity contribution in [2.24, 2.45) is 5.92 Å². The van der Waals surface area contributed by atoms with Crippen LogP contribution >= 0.6 is 0 Å². The van der Waals surface area contributed by atoms with E-state index in [2.05, 4.69) is 16.7 Å². The third-order valence-electron chi connectivity index (χ3n) is 4.81. The van der Waals surface area contributed by atoms with E-state index < -0.39 is 5.60 Å². The fourth-order valence-corrected chi connectivity index (χ4v) is 3.38. The number of benzene rings is 1. The molecule has 0 amide bonds. The molecule has 0 saturated carbocycles. The third-order valence-corrected chi connectivity index (χ3v) is 4.81. The maximum atomic E-state index is 10.8. The van der Waals surface area contributed by atoms with E-state index >= 15 is 0 Å². The average Bonchev–Trinajstić information content (AvgIpc) is 2.59. The zero-order chi connectivity index (χ0) is 16.1. The van der Waals surface area contributed by atoms with Crippen molar-refractivity contribution in [3.05, 3.63) is 35.4 Å². The summed E-state index contributed by atoms with van der Waals surface area (Å²) in [5.41, 5.74) is 1.22. The maximum Gasteiger partial charge on any atom is 0.141 e. The van der Waals surface area contributed by atoms with Crippen molar-refractivity contribution in [1.29, 1.82) is 0 Å². The van der Waals surface area contributed by atoms with E-state index in [9.17, 15) is 5.11 Å². The van der Waals surface area contributed by atoms with E-state index in [1.54, 1.807) is 7.11 Å². The minimum absolute atomic E-state index is 0.327. The highest BCUT2D eigenvalue weighted by Crippen LogP contribution is 2.35. The van der Waals surface area contributed by atoms with Gasteiger partial charge in [0.05, 0.1) is 19.8 Å². The predicted molar refractivity (Wildman–Crippen MR) is 89.0 cm³/mol. The summed E-state index contributed by atoms with van der Waals surface area (Å²) in [6, 6.07) is 8.04. The minimum atomic E-state index is -0.835.